The molecule has 0 amide bonds. The van der Waals surface area contributed by atoms with Crippen LogP contribution in [0.25, 0.3) is 0 Å². The molecule has 0 radical (unpaired) electrons. The highest BCUT2D eigenvalue weighted by Gasteiger charge is 2.25. The van der Waals surface area contributed by atoms with E-state index in [0.717, 1.165) is 5.75 Å². The minimum absolute atomic E-state index is 0.118. The van der Waals surface area contributed by atoms with E-state index in [-0.39, 0.29) is 6.04 Å². The maximum Gasteiger partial charge on any atom is 0.125 e. The molecule has 0 N–H and O–H groups in total. The summed E-state index contributed by atoms with van der Waals surface area (Å²) in [6, 6.07) is 16.8. The Labute approximate surface area is 117 Å². The fraction of sp³-hybridized carbons (Fsp3) is 0.118. The topological polar surface area (TPSA) is 27.1 Å². The van der Waals surface area contributed by atoms with Crippen molar-refractivity contribution < 1.29 is 4.74 Å². The lowest BCUT2D eigenvalue weighted by Gasteiger charge is -2.20. The molecule has 3 aromatic rings. The van der Waals surface area contributed by atoms with E-state index >= 15 is 0 Å². The van der Waals surface area contributed by atoms with Crippen LogP contribution in [0.5, 0.6) is 5.75 Å². The molecule has 1 aliphatic heterocycles. The number of para-hydroxylation sites is 1. The van der Waals surface area contributed by atoms with Crippen molar-refractivity contribution in [1.82, 2.24) is 9.55 Å². The predicted molar refractivity (Wildman–Crippen MR) is 76.7 cm³/mol. The summed E-state index contributed by atoms with van der Waals surface area (Å²) in [4.78, 5) is 4.20. The normalized spacial score (nSPS) is 16.7. The van der Waals surface area contributed by atoms with Gasteiger partial charge in [0.2, 0.25) is 0 Å². The zero-order chi connectivity index (χ0) is 13.4. The molecular formula is C17H14N2O. The Morgan fingerprint density at radius 2 is 1.80 bits per heavy atom. The van der Waals surface area contributed by atoms with Gasteiger partial charge in [-0.25, -0.2) is 4.98 Å². The first-order valence-corrected chi connectivity index (χ1v) is 6.70. The van der Waals surface area contributed by atoms with E-state index in [1.165, 1.54) is 16.7 Å². The number of ether oxygens (including phenoxy) is 1. The van der Waals surface area contributed by atoms with Crippen LogP contribution in [0.1, 0.15) is 22.7 Å². The third-order valence-corrected chi connectivity index (χ3v) is 3.77. The molecular weight excluding hydrogens is 248 g/mol. The summed E-state index contributed by atoms with van der Waals surface area (Å²) < 4.78 is 8.10. The molecule has 0 saturated heterocycles. The molecule has 1 unspecified atom stereocenters. The highest BCUT2D eigenvalue weighted by molar-refractivity contribution is 5.46. The smallest absolute Gasteiger partial charge is 0.125 e. The molecule has 0 fully saturated rings. The van der Waals surface area contributed by atoms with Crippen molar-refractivity contribution in [3.8, 4) is 5.75 Å². The second-order valence-electron chi connectivity index (χ2n) is 4.94. The van der Waals surface area contributed by atoms with Gasteiger partial charge in [-0.15, -0.1) is 0 Å². The van der Waals surface area contributed by atoms with Gasteiger partial charge in [0, 0.05) is 18.0 Å². The van der Waals surface area contributed by atoms with Gasteiger partial charge in [-0.05, 0) is 17.2 Å². The summed E-state index contributed by atoms with van der Waals surface area (Å²) in [5.41, 5.74) is 3.67. The first-order chi connectivity index (χ1) is 9.93. The van der Waals surface area contributed by atoms with E-state index in [2.05, 4.69) is 45.9 Å². The second kappa shape index (κ2) is 4.53. The van der Waals surface area contributed by atoms with Gasteiger partial charge in [-0.3, -0.25) is 0 Å². The predicted octanol–water partition coefficient (Wildman–Crippen LogP) is 3.41. The zero-order valence-electron chi connectivity index (χ0n) is 10.9. The summed E-state index contributed by atoms with van der Waals surface area (Å²) in [5.74, 6) is 0.947. The van der Waals surface area contributed by atoms with Crippen molar-refractivity contribution in [3.05, 3.63) is 83.9 Å². The van der Waals surface area contributed by atoms with Gasteiger partial charge in [0.05, 0.1) is 12.4 Å². The zero-order valence-corrected chi connectivity index (χ0v) is 10.9. The SMILES string of the molecule is c1ccc2c(c1)COc1ccccc1C2n1ccnc1. The molecule has 20 heavy (non-hydrogen) atoms. The van der Waals surface area contributed by atoms with Crippen molar-refractivity contribution in [2.75, 3.05) is 0 Å². The number of benzene rings is 2. The van der Waals surface area contributed by atoms with Gasteiger partial charge in [0.15, 0.2) is 0 Å². The fourth-order valence-electron chi connectivity index (χ4n) is 2.84. The van der Waals surface area contributed by atoms with Crippen LogP contribution in [0.4, 0.5) is 0 Å². The van der Waals surface area contributed by atoms with Crippen LogP contribution in [-0.2, 0) is 6.61 Å². The molecule has 1 aliphatic rings. The molecule has 0 spiro atoms. The van der Waals surface area contributed by atoms with Gasteiger partial charge in [0.1, 0.15) is 12.4 Å². The Morgan fingerprint density at radius 1 is 1.00 bits per heavy atom. The molecule has 98 valence electrons. The minimum atomic E-state index is 0.118. The maximum atomic E-state index is 5.97. The summed E-state index contributed by atoms with van der Waals surface area (Å²) in [5, 5.41) is 0. The van der Waals surface area contributed by atoms with Crippen molar-refractivity contribution in [2.45, 2.75) is 12.6 Å². The van der Waals surface area contributed by atoms with Crippen LogP contribution < -0.4 is 4.74 Å². The average molecular weight is 262 g/mol. The van der Waals surface area contributed by atoms with Crippen LogP contribution in [0.15, 0.2) is 67.3 Å². The van der Waals surface area contributed by atoms with E-state index in [1.807, 2.05) is 30.9 Å². The lowest BCUT2D eigenvalue weighted by molar-refractivity contribution is 0.306. The highest BCUT2D eigenvalue weighted by Crippen LogP contribution is 2.37. The van der Waals surface area contributed by atoms with Crippen LogP contribution in [0.3, 0.4) is 0 Å². The van der Waals surface area contributed by atoms with Crippen LogP contribution in [0.2, 0.25) is 0 Å². The van der Waals surface area contributed by atoms with Crippen molar-refractivity contribution >= 4 is 0 Å². The molecule has 0 saturated carbocycles. The molecule has 2 aromatic carbocycles. The Morgan fingerprint density at radius 3 is 2.65 bits per heavy atom. The molecule has 4 rings (SSSR count). The monoisotopic (exact) mass is 262 g/mol. The third-order valence-electron chi connectivity index (χ3n) is 3.77. The number of hydrogen-bond donors (Lipinski definition) is 0. The summed E-state index contributed by atoms with van der Waals surface area (Å²) >= 11 is 0. The van der Waals surface area contributed by atoms with Gasteiger partial charge in [0.25, 0.3) is 0 Å². The Bertz CT molecular complexity index is 687. The van der Waals surface area contributed by atoms with Crippen LogP contribution >= 0.6 is 0 Å². The van der Waals surface area contributed by atoms with Gasteiger partial charge >= 0.3 is 0 Å². The molecule has 0 bridgehead atoms. The minimum Gasteiger partial charge on any atom is -0.489 e. The molecule has 3 heteroatoms. The third kappa shape index (κ3) is 1.71. The number of rotatable bonds is 1. The lowest BCUT2D eigenvalue weighted by atomic mass is 9.95. The molecule has 2 heterocycles. The standard InChI is InChI=1S/C17H14N2O/c1-2-6-14-13(5-1)11-20-16-8-4-3-7-15(16)17(14)19-10-9-18-12-19/h1-10,12,17H,11H2. The first kappa shape index (κ1) is 11.3. The summed E-state index contributed by atoms with van der Waals surface area (Å²) in [6.45, 7) is 0.610. The largest absolute Gasteiger partial charge is 0.489 e. The van der Waals surface area contributed by atoms with E-state index in [1.54, 1.807) is 0 Å². The number of fused-ring (bicyclic) bond motifs is 2. The van der Waals surface area contributed by atoms with Crippen LogP contribution in [-0.4, -0.2) is 9.55 Å². The molecule has 1 aromatic heterocycles. The average Bonchev–Trinajstić information content (AvgIpc) is 2.96. The fourth-order valence-corrected chi connectivity index (χ4v) is 2.84. The number of hydrogen-bond acceptors (Lipinski definition) is 2. The molecule has 3 nitrogen and oxygen atoms in total. The summed E-state index contributed by atoms with van der Waals surface area (Å²) in [6.07, 6.45) is 5.68. The highest BCUT2D eigenvalue weighted by atomic mass is 16.5. The number of nitrogens with zero attached hydrogens (tertiary/aromatic N) is 2. The molecule has 0 aliphatic carbocycles. The Hall–Kier alpha value is -2.55. The quantitative estimate of drug-likeness (QED) is 0.672. The van der Waals surface area contributed by atoms with Gasteiger partial charge in [-0.2, -0.15) is 0 Å². The number of imidazole rings is 1. The lowest BCUT2D eigenvalue weighted by Crippen LogP contribution is -2.11. The maximum absolute atomic E-state index is 5.97. The van der Waals surface area contributed by atoms with Crippen molar-refractivity contribution in [1.29, 1.82) is 0 Å². The van der Waals surface area contributed by atoms with E-state index < -0.39 is 0 Å². The van der Waals surface area contributed by atoms with E-state index in [4.69, 9.17) is 4.74 Å². The van der Waals surface area contributed by atoms with E-state index in [0.29, 0.717) is 6.61 Å². The Balaban J connectivity index is 1.99. The van der Waals surface area contributed by atoms with Crippen LogP contribution in [0, 0.1) is 0 Å². The Kier molecular flexibility index (Phi) is 2.56. The van der Waals surface area contributed by atoms with Gasteiger partial charge < -0.3 is 9.30 Å². The summed E-state index contributed by atoms with van der Waals surface area (Å²) in [7, 11) is 0. The number of aromatic nitrogens is 2. The van der Waals surface area contributed by atoms with Crippen molar-refractivity contribution in [2.24, 2.45) is 0 Å². The molecule has 1 atom stereocenters. The second-order valence-corrected chi connectivity index (χ2v) is 4.94. The van der Waals surface area contributed by atoms with Gasteiger partial charge in [-0.1, -0.05) is 42.5 Å². The van der Waals surface area contributed by atoms with Crippen molar-refractivity contribution in [3.63, 3.8) is 0 Å². The first-order valence-electron chi connectivity index (χ1n) is 6.70. The van der Waals surface area contributed by atoms with E-state index in [9.17, 15) is 0 Å².